The number of aryl methyl sites for hydroxylation is 2. The van der Waals surface area contributed by atoms with Gasteiger partial charge in [-0.05, 0) is 49.7 Å². The van der Waals surface area contributed by atoms with E-state index in [9.17, 15) is 13.2 Å². The van der Waals surface area contributed by atoms with Crippen LogP contribution in [0.1, 0.15) is 21.5 Å². The number of hydrogen-bond donors (Lipinski definition) is 2. The van der Waals surface area contributed by atoms with Crippen molar-refractivity contribution in [3.8, 4) is 0 Å². The molecule has 0 bridgehead atoms. The Morgan fingerprint density at radius 2 is 1.65 bits per heavy atom. The predicted octanol–water partition coefficient (Wildman–Crippen LogP) is 2.08. The van der Waals surface area contributed by atoms with Gasteiger partial charge in [-0.25, -0.2) is 13.1 Å². The summed E-state index contributed by atoms with van der Waals surface area (Å²) in [5, 5.41) is 2.72. The molecule has 0 spiro atoms. The lowest BCUT2D eigenvalue weighted by atomic mass is 10.2. The Balaban J connectivity index is 1.88. The van der Waals surface area contributed by atoms with Crippen molar-refractivity contribution in [2.45, 2.75) is 18.7 Å². The third-order valence-corrected chi connectivity index (χ3v) is 5.59. The SMILES string of the molecule is Cc1ccc(S(=O)(=O)NCCNC(=O)c2ccc(N(C)C)cc2)c(C)c1. The second-order valence-electron chi connectivity index (χ2n) is 6.36. The number of nitrogens with zero attached hydrogens (tertiary/aromatic N) is 1. The summed E-state index contributed by atoms with van der Waals surface area (Å²) in [5.74, 6) is -0.235. The number of carbonyl (C=O) groups is 1. The number of benzene rings is 2. The molecule has 0 heterocycles. The van der Waals surface area contributed by atoms with Gasteiger partial charge < -0.3 is 10.2 Å². The molecule has 2 aromatic carbocycles. The Morgan fingerprint density at radius 3 is 2.23 bits per heavy atom. The van der Waals surface area contributed by atoms with Crippen molar-refractivity contribution in [3.63, 3.8) is 0 Å². The fourth-order valence-electron chi connectivity index (χ4n) is 2.55. The van der Waals surface area contributed by atoms with E-state index >= 15 is 0 Å². The van der Waals surface area contributed by atoms with Crippen LogP contribution in [0.25, 0.3) is 0 Å². The number of carbonyl (C=O) groups excluding carboxylic acids is 1. The second-order valence-corrected chi connectivity index (χ2v) is 8.10. The molecule has 0 aliphatic carbocycles. The van der Waals surface area contributed by atoms with Gasteiger partial charge >= 0.3 is 0 Å². The maximum atomic E-state index is 12.4. The summed E-state index contributed by atoms with van der Waals surface area (Å²) >= 11 is 0. The first kappa shape index (κ1) is 19.9. The zero-order chi connectivity index (χ0) is 19.3. The lowest BCUT2D eigenvalue weighted by molar-refractivity contribution is 0.0954. The zero-order valence-corrected chi connectivity index (χ0v) is 16.4. The summed E-state index contributed by atoms with van der Waals surface area (Å²) in [4.78, 5) is 14.3. The fourth-order valence-corrected chi connectivity index (χ4v) is 3.81. The van der Waals surface area contributed by atoms with Gasteiger partial charge in [0.05, 0.1) is 4.90 Å². The van der Waals surface area contributed by atoms with E-state index in [1.54, 1.807) is 31.2 Å². The molecule has 0 aromatic heterocycles. The minimum absolute atomic E-state index is 0.122. The molecule has 1 amide bonds. The molecule has 2 N–H and O–H groups in total. The van der Waals surface area contributed by atoms with Crippen LogP contribution >= 0.6 is 0 Å². The third-order valence-electron chi connectivity index (χ3n) is 3.97. The molecular formula is C19H25N3O3S. The molecule has 0 aliphatic rings. The van der Waals surface area contributed by atoms with Gasteiger partial charge in [0, 0.05) is 38.4 Å². The molecular weight excluding hydrogens is 350 g/mol. The maximum absolute atomic E-state index is 12.4. The number of nitrogens with one attached hydrogen (secondary N) is 2. The van der Waals surface area contributed by atoms with Gasteiger partial charge in [0.2, 0.25) is 10.0 Å². The molecule has 0 radical (unpaired) electrons. The molecule has 26 heavy (non-hydrogen) atoms. The summed E-state index contributed by atoms with van der Waals surface area (Å²) in [5.41, 5.74) is 3.24. The fraction of sp³-hybridized carbons (Fsp3) is 0.316. The van der Waals surface area contributed by atoms with Crippen molar-refractivity contribution in [3.05, 3.63) is 59.2 Å². The monoisotopic (exact) mass is 375 g/mol. The van der Waals surface area contributed by atoms with E-state index < -0.39 is 10.0 Å². The van der Waals surface area contributed by atoms with Crippen LogP contribution < -0.4 is 14.9 Å². The summed E-state index contributed by atoms with van der Waals surface area (Å²) in [6, 6.07) is 12.4. The van der Waals surface area contributed by atoms with Gasteiger partial charge in [-0.2, -0.15) is 0 Å². The van der Waals surface area contributed by atoms with Crippen LogP contribution in [0.5, 0.6) is 0 Å². The number of hydrogen-bond acceptors (Lipinski definition) is 4. The van der Waals surface area contributed by atoms with Crippen LogP contribution in [0.3, 0.4) is 0 Å². The van der Waals surface area contributed by atoms with E-state index in [1.807, 2.05) is 44.1 Å². The quantitative estimate of drug-likeness (QED) is 0.727. The number of amides is 1. The number of anilines is 1. The van der Waals surface area contributed by atoms with Crippen molar-refractivity contribution in [1.82, 2.24) is 10.0 Å². The van der Waals surface area contributed by atoms with Gasteiger partial charge in [-0.3, -0.25) is 4.79 Å². The highest BCUT2D eigenvalue weighted by Crippen LogP contribution is 2.16. The van der Waals surface area contributed by atoms with E-state index in [0.29, 0.717) is 11.1 Å². The first-order valence-electron chi connectivity index (χ1n) is 8.33. The van der Waals surface area contributed by atoms with Gasteiger partial charge in [0.15, 0.2) is 0 Å². The highest BCUT2D eigenvalue weighted by Gasteiger charge is 2.16. The molecule has 0 saturated heterocycles. The number of sulfonamides is 1. The van der Waals surface area contributed by atoms with Gasteiger partial charge in [-0.1, -0.05) is 17.7 Å². The van der Waals surface area contributed by atoms with Crippen LogP contribution in [0.2, 0.25) is 0 Å². The van der Waals surface area contributed by atoms with E-state index in [-0.39, 0.29) is 23.9 Å². The maximum Gasteiger partial charge on any atom is 0.251 e. The van der Waals surface area contributed by atoms with Crippen LogP contribution in [0.4, 0.5) is 5.69 Å². The molecule has 0 atom stereocenters. The zero-order valence-electron chi connectivity index (χ0n) is 15.5. The Morgan fingerprint density at radius 1 is 1.00 bits per heavy atom. The topological polar surface area (TPSA) is 78.5 Å². The lowest BCUT2D eigenvalue weighted by Gasteiger charge is -2.13. The van der Waals surface area contributed by atoms with E-state index in [2.05, 4.69) is 10.0 Å². The van der Waals surface area contributed by atoms with E-state index in [4.69, 9.17) is 0 Å². The largest absolute Gasteiger partial charge is 0.378 e. The first-order valence-corrected chi connectivity index (χ1v) is 9.81. The highest BCUT2D eigenvalue weighted by atomic mass is 32.2. The normalized spacial score (nSPS) is 11.2. The Hall–Kier alpha value is -2.38. The Labute approximate surface area is 155 Å². The average Bonchev–Trinajstić information content (AvgIpc) is 2.58. The summed E-state index contributed by atoms with van der Waals surface area (Å²) < 4.78 is 27.2. The van der Waals surface area contributed by atoms with E-state index in [1.165, 1.54) is 0 Å². The summed E-state index contributed by atoms with van der Waals surface area (Å²) in [7, 11) is 0.263. The Bertz CT molecular complexity index is 875. The van der Waals surface area contributed by atoms with Crippen molar-refractivity contribution >= 4 is 21.6 Å². The molecule has 0 aliphatic heterocycles. The van der Waals surface area contributed by atoms with Crippen LogP contribution in [0, 0.1) is 13.8 Å². The Kier molecular flexibility index (Phi) is 6.39. The van der Waals surface area contributed by atoms with Crippen LogP contribution in [-0.4, -0.2) is 41.5 Å². The standard InChI is InChI=1S/C19H25N3O3S/c1-14-5-10-18(15(2)13-14)26(24,25)21-12-11-20-19(23)16-6-8-17(9-7-16)22(3)4/h5-10,13,21H,11-12H2,1-4H3,(H,20,23). The van der Waals surface area contributed by atoms with E-state index in [0.717, 1.165) is 11.3 Å². The van der Waals surface area contributed by atoms with Crippen molar-refractivity contribution in [1.29, 1.82) is 0 Å². The molecule has 2 aromatic rings. The minimum Gasteiger partial charge on any atom is -0.378 e. The average molecular weight is 375 g/mol. The van der Waals surface area contributed by atoms with Crippen LogP contribution in [-0.2, 0) is 10.0 Å². The minimum atomic E-state index is -3.59. The van der Waals surface area contributed by atoms with Crippen molar-refractivity contribution in [2.75, 3.05) is 32.1 Å². The highest BCUT2D eigenvalue weighted by molar-refractivity contribution is 7.89. The number of rotatable bonds is 7. The summed E-state index contributed by atoms with van der Waals surface area (Å²) in [6.07, 6.45) is 0. The third kappa shape index (κ3) is 5.06. The summed E-state index contributed by atoms with van der Waals surface area (Å²) in [6.45, 7) is 4.01. The van der Waals surface area contributed by atoms with Gasteiger partial charge in [-0.15, -0.1) is 0 Å². The molecule has 0 unspecified atom stereocenters. The lowest BCUT2D eigenvalue weighted by Crippen LogP contribution is -2.35. The molecule has 0 fully saturated rings. The predicted molar refractivity (Wildman–Crippen MR) is 104 cm³/mol. The molecule has 0 saturated carbocycles. The second kappa shape index (κ2) is 8.33. The van der Waals surface area contributed by atoms with Crippen molar-refractivity contribution < 1.29 is 13.2 Å². The molecule has 6 nitrogen and oxygen atoms in total. The van der Waals surface area contributed by atoms with Crippen molar-refractivity contribution in [2.24, 2.45) is 0 Å². The first-order chi connectivity index (χ1) is 12.2. The van der Waals surface area contributed by atoms with Gasteiger partial charge in [0.25, 0.3) is 5.91 Å². The van der Waals surface area contributed by atoms with Crippen LogP contribution in [0.15, 0.2) is 47.4 Å². The van der Waals surface area contributed by atoms with Gasteiger partial charge in [0.1, 0.15) is 0 Å². The molecule has 2 rings (SSSR count). The smallest absolute Gasteiger partial charge is 0.251 e. The molecule has 140 valence electrons. The molecule has 7 heteroatoms.